The zero-order chi connectivity index (χ0) is 12.7. The van der Waals surface area contributed by atoms with Crippen LogP contribution in [0, 0.1) is 5.92 Å². The van der Waals surface area contributed by atoms with Gasteiger partial charge in [0.15, 0.2) is 0 Å². The summed E-state index contributed by atoms with van der Waals surface area (Å²) in [4.78, 5) is 13.5. The summed E-state index contributed by atoms with van der Waals surface area (Å²) in [7, 11) is 0. The standard InChI is InChI=1S/C12H18N4OS/c1-7-2-3-9(10(13)17)6-16(7)12-15-14-11(18-12)8-4-5-8/h7-9H,2-6H2,1H3,(H2,13,17). The van der Waals surface area contributed by atoms with Gasteiger partial charge in [-0.3, -0.25) is 4.79 Å². The molecule has 2 N–H and O–H groups in total. The van der Waals surface area contributed by atoms with E-state index in [4.69, 9.17) is 5.73 Å². The quantitative estimate of drug-likeness (QED) is 0.900. The summed E-state index contributed by atoms with van der Waals surface area (Å²) in [5, 5.41) is 10.7. The molecule has 3 rings (SSSR count). The molecule has 2 fully saturated rings. The molecule has 2 atom stereocenters. The van der Waals surface area contributed by atoms with E-state index in [1.54, 1.807) is 11.3 Å². The van der Waals surface area contributed by atoms with Crippen LogP contribution in [0.25, 0.3) is 0 Å². The summed E-state index contributed by atoms with van der Waals surface area (Å²) < 4.78 is 0. The number of carbonyl (C=O) groups is 1. The molecule has 0 aromatic carbocycles. The number of carbonyl (C=O) groups excluding carboxylic acids is 1. The predicted molar refractivity (Wildman–Crippen MR) is 70.6 cm³/mol. The molecule has 1 aromatic rings. The molecule has 0 spiro atoms. The average Bonchev–Trinajstić information content (AvgIpc) is 3.08. The van der Waals surface area contributed by atoms with Crippen LogP contribution in [-0.2, 0) is 4.79 Å². The first-order valence-corrected chi connectivity index (χ1v) is 7.36. The van der Waals surface area contributed by atoms with E-state index in [-0.39, 0.29) is 11.8 Å². The van der Waals surface area contributed by atoms with E-state index >= 15 is 0 Å². The van der Waals surface area contributed by atoms with Crippen molar-refractivity contribution >= 4 is 22.4 Å². The van der Waals surface area contributed by atoms with E-state index in [9.17, 15) is 4.79 Å². The number of hydrogen-bond acceptors (Lipinski definition) is 5. The fraction of sp³-hybridized carbons (Fsp3) is 0.750. The second-order valence-corrected chi connectivity index (χ2v) is 6.36. The lowest BCUT2D eigenvalue weighted by molar-refractivity contribution is -0.122. The third-order valence-corrected chi connectivity index (χ3v) is 5.01. The number of aromatic nitrogens is 2. The number of hydrogen-bond donors (Lipinski definition) is 1. The Morgan fingerprint density at radius 2 is 2.11 bits per heavy atom. The lowest BCUT2D eigenvalue weighted by Gasteiger charge is -2.36. The highest BCUT2D eigenvalue weighted by Crippen LogP contribution is 2.43. The number of rotatable bonds is 3. The molecule has 0 radical (unpaired) electrons. The first kappa shape index (κ1) is 11.9. The molecule has 5 nitrogen and oxygen atoms in total. The Morgan fingerprint density at radius 1 is 1.33 bits per heavy atom. The van der Waals surface area contributed by atoms with Crippen LogP contribution >= 0.6 is 11.3 Å². The Morgan fingerprint density at radius 3 is 2.78 bits per heavy atom. The summed E-state index contributed by atoms with van der Waals surface area (Å²) in [6.45, 7) is 2.87. The van der Waals surface area contributed by atoms with Crippen LogP contribution in [0.2, 0.25) is 0 Å². The number of amides is 1. The number of nitrogens with zero attached hydrogens (tertiary/aromatic N) is 3. The molecule has 1 amide bonds. The molecule has 1 aliphatic heterocycles. The highest BCUT2D eigenvalue weighted by molar-refractivity contribution is 7.15. The SMILES string of the molecule is CC1CCC(C(N)=O)CN1c1nnc(C2CC2)s1. The van der Waals surface area contributed by atoms with Gasteiger partial charge in [0.25, 0.3) is 0 Å². The van der Waals surface area contributed by atoms with Crippen LogP contribution in [0.5, 0.6) is 0 Å². The summed E-state index contributed by atoms with van der Waals surface area (Å²) in [6, 6.07) is 0.417. The molecule has 2 unspecified atom stereocenters. The second-order valence-electron chi connectivity index (χ2n) is 5.38. The number of nitrogens with two attached hydrogens (primary N) is 1. The van der Waals surface area contributed by atoms with Crippen molar-refractivity contribution < 1.29 is 4.79 Å². The zero-order valence-electron chi connectivity index (χ0n) is 10.5. The topological polar surface area (TPSA) is 72.1 Å². The van der Waals surface area contributed by atoms with Gasteiger partial charge < -0.3 is 10.6 Å². The van der Waals surface area contributed by atoms with Crippen molar-refractivity contribution in [2.75, 3.05) is 11.4 Å². The molecule has 1 aromatic heterocycles. The minimum Gasteiger partial charge on any atom is -0.369 e. The van der Waals surface area contributed by atoms with Crippen molar-refractivity contribution in [3.05, 3.63) is 5.01 Å². The Balaban J connectivity index is 1.77. The van der Waals surface area contributed by atoms with Crippen molar-refractivity contribution in [1.29, 1.82) is 0 Å². The van der Waals surface area contributed by atoms with Gasteiger partial charge in [-0.2, -0.15) is 0 Å². The van der Waals surface area contributed by atoms with E-state index in [0.717, 1.165) is 23.0 Å². The van der Waals surface area contributed by atoms with Crippen molar-refractivity contribution in [3.8, 4) is 0 Å². The highest BCUT2D eigenvalue weighted by Gasteiger charge is 2.33. The van der Waals surface area contributed by atoms with Gasteiger partial charge in [-0.05, 0) is 32.6 Å². The fourth-order valence-corrected chi connectivity index (χ4v) is 3.57. The van der Waals surface area contributed by atoms with E-state index in [1.165, 1.54) is 12.8 Å². The maximum atomic E-state index is 11.3. The third-order valence-electron chi connectivity index (χ3n) is 3.89. The number of primary amides is 1. The molecule has 98 valence electrons. The Bertz CT molecular complexity index is 457. The Hall–Kier alpha value is -1.17. The van der Waals surface area contributed by atoms with Gasteiger partial charge in [-0.25, -0.2) is 0 Å². The summed E-state index contributed by atoms with van der Waals surface area (Å²) in [5.41, 5.74) is 5.42. The first-order chi connectivity index (χ1) is 8.65. The van der Waals surface area contributed by atoms with Crippen molar-refractivity contribution in [2.24, 2.45) is 11.7 Å². The average molecular weight is 266 g/mol. The molecule has 6 heteroatoms. The summed E-state index contributed by atoms with van der Waals surface area (Å²) >= 11 is 1.68. The lowest BCUT2D eigenvalue weighted by atomic mass is 9.93. The van der Waals surface area contributed by atoms with Gasteiger partial charge in [0, 0.05) is 18.5 Å². The minimum absolute atomic E-state index is 0.0468. The predicted octanol–water partition coefficient (Wildman–Crippen LogP) is 1.51. The van der Waals surface area contributed by atoms with Crippen LogP contribution in [-0.4, -0.2) is 28.7 Å². The third kappa shape index (κ3) is 2.21. The fourth-order valence-electron chi connectivity index (χ4n) is 2.44. The van der Waals surface area contributed by atoms with E-state index in [1.807, 2.05) is 0 Å². The van der Waals surface area contributed by atoms with Gasteiger partial charge in [0.05, 0.1) is 5.92 Å². The monoisotopic (exact) mass is 266 g/mol. The largest absolute Gasteiger partial charge is 0.369 e. The Labute approximate surface area is 110 Å². The van der Waals surface area contributed by atoms with E-state index in [2.05, 4.69) is 22.0 Å². The summed E-state index contributed by atoms with van der Waals surface area (Å²) in [6.07, 6.45) is 4.37. The van der Waals surface area contributed by atoms with Gasteiger partial charge in [-0.15, -0.1) is 10.2 Å². The maximum absolute atomic E-state index is 11.3. The minimum atomic E-state index is -0.196. The zero-order valence-corrected chi connectivity index (χ0v) is 11.3. The van der Waals surface area contributed by atoms with Gasteiger partial charge in [-0.1, -0.05) is 11.3 Å². The highest BCUT2D eigenvalue weighted by atomic mass is 32.1. The molecular weight excluding hydrogens is 248 g/mol. The number of piperidine rings is 1. The molecule has 2 heterocycles. The smallest absolute Gasteiger partial charge is 0.222 e. The van der Waals surface area contributed by atoms with Crippen molar-refractivity contribution in [2.45, 2.75) is 44.6 Å². The van der Waals surface area contributed by atoms with Gasteiger partial charge >= 0.3 is 0 Å². The van der Waals surface area contributed by atoms with Crippen molar-refractivity contribution in [3.63, 3.8) is 0 Å². The molecule has 1 aliphatic carbocycles. The Kier molecular flexibility index (Phi) is 2.97. The van der Waals surface area contributed by atoms with Crippen LogP contribution in [0.4, 0.5) is 5.13 Å². The normalized spacial score (nSPS) is 28.4. The molecule has 0 bridgehead atoms. The number of anilines is 1. The van der Waals surface area contributed by atoms with Crippen LogP contribution in [0.15, 0.2) is 0 Å². The first-order valence-electron chi connectivity index (χ1n) is 6.54. The lowest BCUT2D eigenvalue weighted by Crippen LogP contribution is -2.45. The van der Waals surface area contributed by atoms with Crippen LogP contribution in [0.3, 0.4) is 0 Å². The molecule has 1 saturated carbocycles. The summed E-state index contributed by atoms with van der Waals surface area (Å²) in [5.74, 6) is 0.400. The van der Waals surface area contributed by atoms with Gasteiger partial charge in [0.1, 0.15) is 5.01 Å². The molecular formula is C12H18N4OS. The van der Waals surface area contributed by atoms with Gasteiger partial charge in [0.2, 0.25) is 11.0 Å². The maximum Gasteiger partial charge on any atom is 0.222 e. The van der Waals surface area contributed by atoms with E-state index in [0.29, 0.717) is 18.5 Å². The second kappa shape index (κ2) is 4.50. The van der Waals surface area contributed by atoms with Crippen LogP contribution in [0.1, 0.15) is 43.5 Å². The van der Waals surface area contributed by atoms with Crippen LogP contribution < -0.4 is 10.6 Å². The van der Waals surface area contributed by atoms with Crippen molar-refractivity contribution in [1.82, 2.24) is 10.2 Å². The molecule has 18 heavy (non-hydrogen) atoms. The van der Waals surface area contributed by atoms with E-state index < -0.39 is 0 Å². The molecule has 2 aliphatic rings. The molecule has 1 saturated heterocycles.